The third-order valence-electron chi connectivity index (χ3n) is 4.16. The Bertz CT molecular complexity index is 375. The Morgan fingerprint density at radius 2 is 1.86 bits per heavy atom. The van der Waals surface area contributed by atoms with Crippen molar-refractivity contribution in [2.45, 2.75) is 64.5 Å². The molecule has 0 aromatic rings. The molecule has 2 aliphatic heterocycles. The first-order valence-electron chi connectivity index (χ1n) is 8.09. The molecular formula is C16H28N2O3. The van der Waals surface area contributed by atoms with Gasteiger partial charge in [0.15, 0.2) is 0 Å². The van der Waals surface area contributed by atoms with Crippen LogP contribution in [0.4, 0.5) is 0 Å². The molecule has 0 bridgehead atoms. The standard InChI is InChI=1S/C16H28N2O3/c1-16(2,3)21-14(19)11-12-6-9-18(10-7-12)15(20)13-5-4-8-17-13/h12-13,17H,4-11H2,1-3H3/t13-/m1/s1. The topological polar surface area (TPSA) is 58.6 Å². The second kappa shape index (κ2) is 6.77. The lowest BCUT2D eigenvalue weighted by Crippen LogP contribution is -2.47. The van der Waals surface area contributed by atoms with E-state index in [0.29, 0.717) is 12.3 Å². The van der Waals surface area contributed by atoms with E-state index < -0.39 is 5.60 Å². The van der Waals surface area contributed by atoms with Crippen LogP contribution < -0.4 is 5.32 Å². The average Bonchev–Trinajstić information content (AvgIpc) is 2.90. The van der Waals surface area contributed by atoms with Crippen LogP contribution in [0.5, 0.6) is 0 Å². The molecule has 2 aliphatic rings. The van der Waals surface area contributed by atoms with Gasteiger partial charge in [0, 0.05) is 19.5 Å². The maximum Gasteiger partial charge on any atom is 0.306 e. The van der Waals surface area contributed by atoms with Crippen LogP contribution in [0.2, 0.25) is 0 Å². The Balaban J connectivity index is 1.73. The lowest BCUT2D eigenvalue weighted by Gasteiger charge is -2.33. The summed E-state index contributed by atoms with van der Waals surface area (Å²) in [5.74, 6) is 0.466. The average molecular weight is 296 g/mol. The molecular weight excluding hydrogens is 268 g/mol. The second-order valence-corrected chi connectivity index (χ2v) is 7.21. The minimum absolute atomic E-state index is 0.0207. The van der Waals surface area contributed by atoms with E-state index in [1.54, 1.807) is 0 Å². The normalized spacial score (nSPS) is 24.1. The first-order valence-corrected chi connectivity index (χ1v) is 8.09. The fourth-order valence-electron chi connectivity index (χ4n) is 3.09. The van der Waals surface area contributed by atoms with Crippen molar-refractivity contribution in [1.82, 2.24) is 10.2 Å². The number of esters is 1. The van der Waals surface area contributed by atoms with E-state index in [4.69, 9.17) is 4.74 Å². The minimum atomic E-state index is -0.415. The van der Waals surface area contributed by atoms with E-state index >= 15 is 0 Å². The molecule has 1 amide bonds. The number of carbonyl (C=O) groups is 2. The van der Waals surface area contributed by atoms with Crippen LogP contribution in [0.3, 0.4) is 0 Å². The lowest BCUT2D eigenvalue weighted by molar-refractivity contribution is -0.156. The maximum absolute atomic E-state index is 12.3. The van der Waals surface area contributed by atoms with Crippen LogP contribution >= 0.6 is 0 Å². The van der Waals surface area contributed by atoms with E-state index in [1.165, 1.54) is 0 Å². The summed E-state index contributed by atoms with van der Waals surface area (Å²) in [5, 5.41) is 3.26. The molecule has 0 unspecified atom stereocenters. The Hall–Kier alpha value is -1.10. The number of piperidine rings is 1. The quantitative estimate of drug-likeness (QED) is 0.806. The SMILES string of the molecule is CC(C)(C)OC(=O)CC1CCN(C(=O)[C@H]2CCCN2)CC1. The van der Waals surface area contributed by atoms with Gasteiger partial charge in [0.1, 0.15) is 5.60 Å². The minimum Gasteiger partial charge on any atom is -0.460 e. The van der Waals surface area contributed by atoms with Crippen LogP contribution in [-0.2, 0) is 14.3 Å². The number of hydrogen-bond donors (Lipinski definition) is 1. The zero-order valence-corrected chi connectivity index (χ0v) is 13.5. The molecule has 0 aliphatic carbocycles. The van der Waals surface area contributed by atoms with Gasteiger partial charge in [-0.25, -0.2) is 0 Å². The summed E-state index contributed by atoms with van der Waals surface area (Å²) in [6.07, 6.45) is 4.32. The Morgan fingerprint density at radius 1 is 1.19 bits per heavy atom. The molecule has 2 heterocycles. The molecule has 21 heavy (non-hydrogen) atoms. The highest BCUT2D eigenvalue weighted by molar-refractivity contribution is 5.82. The summed E-state index contributed by atoms with van der Waals surface area (Å²) in [5.41, 5.74) is -0.415. The van der Waals surface area contributed by atoms with Gasteiger partial charge in [0.05, 0.1) is 6.04 Å². The summed E-state index contributed by atoms with van der Waals surface area (Å²) >= 11 is 0. The van der Waals surface area contributed by atoms with Crippen molar-refractivity contribution < 1.29 is 14.3 Å². The Morgan fingerprint density at radius 3 is 2.38 bits per heavy atom. The van der Waals surface area contributed by atoms with Gasteiger partial charge in [-0.05, 0) is 58.9 Å². The highest BCUT2D eigenvalue weighted by Crippen LogP contribution is 2.23. The van der Waals surface area contributed by atoms with Crippen molar-refractivity contribution in [1.29, 1.82) is 0 Å². The van der Waals surface area contributed by atoms with E-state index in [-0.39, 0.29) is 17.9 Å². The summed E-state index contributed by atoms with van der Waals surface area (Å²) in [6, 6.07) is 0.0207. The number of nitrogens with one attached hydrogen (secondary N) is 1. The molecule has 1 N–H and O–H groups in total. The van der Waals surface area contributed by atoms with E-state index in [0.717, 1.165) is 45.3 Å². The van der Waals surface area contributed by atoms with E-state index in [2.05, 4.69) is 5.32 Å². The van der Waals surface area contributed by atoms with Gasteiger partial charge in [0.2, 0.25) is 5.91 Å². The molecule has 2 saturated heterocycles. The molecule has 0 aromatic carbocycles. The van der Waals surface area contributed by atoms with Gasteiger partial charge in [0.25, 0.3) is 0 Å². The third-order valence-corrected chi connectivity index (χ3v) is 4.16. The van der Waals surface area contributed by atoms with Gasteiger partial charge in [-0.2, -0.15) is 0 Å². The van der Waals surface area contributed by atoms with Crippen molar-refractivity contribution in [3.8, 4) is 0 Å². The Labute approximate surface area is 127 Å². The fraction of sp³-hybridized carbons (Fsp3) is 0.875. The van der Waals surface area contributed by atoms with Crippen molar-refractivity contribution in [3.63, 3.8) is 0 Å². The second-order valence-electron chi connectivity index (χ2n) is 7.21. The molecule has 5 heteroatoms. The highest BCUT2D eigenvalue weighted by Gasteiger charge is 2.31. The molecule has 5 nitrogen and oxygen atoms in total. The lowest BCUT2D eigenvalue weighted by atomic mass is 9.93. The molecule has 1 atom stereocenters. The molecule has 0 aromatic heterocycles. The third kappa shape index (κ3) is 4.99. The van der Waals surface area contributed by atoms with Crippen LogP contribution in [0.1, 0.15) is 52.9 Å². The van der Waals surface area contributed by atoms with Crippen molar-refractivity contribution in [2.24, 2.45) is 5.92 Å². The van der Waals surface area contributed by atoms with Crippen LogP contribution in [0.15, 0.2) is 0 Å². The number of likely N-dealkylation sites (tertiary alicyclic amines) is 1. The van der Waals surface area contributed by atoms with Gasteiger partial charge in [-0.3, -0.25) is 9.59 Å². The zero-order chi connectivity index (χ0) is 15.5. The number of rotatable bonds is 3. The molecule has 2 fully saturated rings. The summed E-state index contributed by atoms with van der Waals surface area (Å²) in [6.45, 7) is 8.16. The Kier molecular flexibility index (Phi) is 5.25. The highest BCUT2D eigenvalue weighted by atomic mass is 16.6. The van der Waals surface area contributed by atoms with E-state index in [9.17, 15) is 9.59 Å². The number of hydrogen-bond acceptors (Lipinski definition) is 4. The van der Waals surface area contributed by atoms with Gasteiger partial charge in [-0.1, -0.05) is 0 Å². The van der Waals surface area contributed by atoms with Crippen molar-refractivity contribution in [3.05, 3.63) is 0 Å². The number of nitrogens with zero attached hydrogens (tertiary/aromatic N) is 1. The van der Waals surface area contributed by atoms with E-state index in [1.807, 2.05) is 25.7 Å². The summed E-state index contributed by atoms with van der Waals surface area (Å²) in [7, 11) is 0. The first-order chi connectivity index (χ1) is 9.85. The summed E-state index contributed by atoms with van der Waals surface area (Å²) in [4.78, 5) is 26.1. The number of amides is 1. The zero-order valence-electron chi connectivity index (χ0n) is 13.5. The van der Waals surface area contributed by atoms with Gasteiger partial charge >= 0.3 is 5.97 Å². The summed E-state index contributed by atoms with van der Waals surface area (Å²) < 4.78 is 5.37. The first kappa shape index (κ1) is 16.3. The molecule has 2 rings (SSSR count). The molecule has 120 valence electrons. The maximum atomic E-state index is 12.3. The largest absolute Gasteiger partial charge is 0.460 e. The fourth-order valence-corrected chi connectivity index (χ4v) is 3.09. The monoisotopic (exact) mass is 296 g/mol. The van der Waals surface area contributed by atoms with Crippen LogP contribution in [0, 0.1) is 5.92 Å². The number of ether oxygens (including phenoxy) is 1. The predicted molar refractivity (Wildman–Crippen MR) is 80.8 cm³/mol. The number of carbonyl (C=O) groups excluding carboxylic acids is 2. The molecule has 0 spiro atoms. The van der Waals surface area contributed by atoms with Gasteiger partial charge < -0.3 is 15.0 Å². The molecule has 0 saturated carbocycles. The smallest absolute Gasteiger partial charge is 0.306 e. The van der Waals surface area contributed by atoms with Crippen molar-refractivity contribution in [2.75, 3.05) is 19.6 Å². The predicted octanol–water partition coefficient (Wildman–Crippen LogP) is 1.71. The van der Waals surface area contributed by atoms with Crippen LogP contribution in [-0.4, -0.2) is 48.1 Å². The molecule has 0 radical (unpaired) electrons. The van der Waals surface area contributed by atoms with Crippen LogP contribution in [0.25, 0.3) is 0 Å². The van der Waals surface area contributed by atoms with Gasteiger partial charge in [-0.15, -0.1) is 0 Å². The van der Waals surface area contributed by atoms with Crippen molar-refractivity contribution >= 4 is 11.9 Å².